The molecule has 1 aliphatic heterocycles. The molecule has 0 radical (unpaired) electrons. The molecular weight excluding hydrogens is 270 g/mol. The number of carbonyl (C=O) groups excluding carboxylic acids is 1. The summed E-state index contributed by atoms with van der Waals surface area (Å²) in [7, 11) is 0. The van der Waals surface area contributed by atoms with Crippen LogP contribution in [-0.4, -0.2) is 49.1 Å². The van der Waals surface area contributed by atoms with Crippen LogP contribution in [0.25, 0.3) is 0 Å². The summed E-state index contributed by atoms with van der Waals surface area (Å²) < 4.78 is 10.7. The van der Waals surface area contributed by atoms with E-state index in [9.17, 15) is 9.90 Å². The maximum Gasteiger partial charge on any atom is 0.308 e. The Morgan fingerprint density at radius 3 is 2.71 bits per heavy atom. The van der Waals surface area contributed by atoms with Crippen molar-refractivity contribution in [1.29, 1.82) is 0 Å². The summed E-state index contributed by atoms with van der Waals surface area (Å²) in [6.07, 6.45) is 6.56. The van der Waals surface area contributed by atoms with E-state index in [0.29, 0.717) is 32.1 Å². The fourth-order valence-corrected chi connectivity index (χ4v) is 3.26. The molecule has 0 aromatic carbocycles. The van der Waals surface area contributed by atoms with Gasteiger partial charge in [-0.15, -0.1) is 0 Å². The second-order valence-corrected chi connectivity index (χ2v) is 6.37. The Bertz CT molecular complexity index is 320. The summed E-state index contributed by atoms with van der Waals surface area (Å²) in [5.74, 6) is -0.144. The van der Waals surface area contributed by atoms with Crippen LogP contribution in [0.3, 0.4) is 0 Å². The summed E-state index contributed by atoms with van der Waals surface area (Å²) in [4.78, 5) is 11.7. The van der Waals surface area contributed by atoms with Gasteiger partial charge < -0.3 is 19.9 Å². The molecule has 21 heavy (non-hydrogen) atoms. The molecule has 1 heterocycles. The van der Waals surface area contributed by atoms with Crippen LogP contribution in [0, 0.1) is 5.92 Å². The third-order valence-electron chi connectivity index (χ3n) is 4.64. The van der Waals surface area contributed by atoms with E-state index in [0.717, 1.165) is 38.8 Å². The highest BCUT2D eigenvalue weighted by Gasteiger charge is 2.36. The summed E-state index contributed by atoms with van der Waals surface area (Å²) in [6.45, 7) is 4.51. The second kappa shape index (κ2) is 8.11. The minimum absolute atomic E-state index is 0.0353. The normalized spacial score (nSPS) is 33.6. The van der Waals surface area contributed by atoms with Crippen molar-refractivity contribution < 1.29 is 19.4 Å². The number of hydrogen-bond donors (Lipinski definition) is 2. The fraction of sp³-hybridized carbons (Fsp3) is 0.938. The lowest BCUT2D eigenvalue weighted by atomic mass is 9.78. The molecule has 0 spiro atoms. The molecule has 2 fully saturated rings. The summed E-state index contributed by atoms with van der Waals surface area (Å²) in [6, 6.07) is 0. The zero-order chi connectivity index (χ0) is 15.1. The molecule has 5 heteroatoms. The first kappa shape index (κ1) is 16.7. The lowest BCUT2D eigenvalue weighted by molar-refractivity contribution is -0.151. The predicted molar refractivity (Wildman–Crippen MR) is 80.0 cm³/mol. The zero-order valence-corrected chi connectivity index (χ0v) is 13.1. The quantitative estimate of drug-likeness (QED) is 0.730. The topological polar surface area (TPSA) is 67.8 Å². The van der Waals surface area contributed by atoms with Gasteiger partial charge in [0.25, 0.3) is 0 Å². The number of aliphatic hydroxyl groups is 1. The second-order valence-electron chi connectivity index (χ2n) is 6.37. The van der Waals surface area contributed by atoms with Crippen molar-refractivity contribution in [3.05, 3.63) is 0 Å². The Labute approximate surface area is 127 Å². The van der Waals surface area contributed by atoms with E-state index in [1.54, 1.807) is 0 Å². The van der Waals surface area contributed by atoms with E-state index >= 15 is 0 Å². The van der Waals surface area contributed by atoms with E-state index < -0.39 is 5.60 Å². The third kappa shape index (κ3) is 5.24. The van der Waals surface area contributed by atoms with Gasteiger partial charge in [-0.3, -0.25) is 4.79 Å². The standard InChI is InChI=1S/C16H29NO4/c1-2-20-15(18)13-6-8-16(19,9-7-13)12-17-11-14-5-3-4-10-21-14/h13-14,17,19H,2-12H2,1H3. The van der Waals surface area contributed by atoms with Crippen LogP contribution >= 0.6 is 0 Å². The molecule has 1 aliphatic carbocycles. The number of rotatable bonds is 6. The summed E-state index contributed by atoms with van der Waals surface area (Å²) >= 11 is 0. The van der Waals surface area contributed by atoms with Gasteiger partial charge in [0.1, 0.15) is 0 Å². The molecular formula is C16H29NO4. The van der Waals surface area contributed by atoms with E-state index in [1.807, 2.05) is 6.92 Å². The first-order valence-corrected chi connectivity index (χ1v) is 8.34. The minimum atomic E-state index is -0.683. The van der Waals surface area contributed by atoms with Crippen LogP contribution < -0.4 is 5.32 Å². The van der Waals surface area contributed by atoms with Gasteiger partial charge >= 0.3 is 5.97 Å². The molecule has 0 amide bonds. The molecule has 2 N–H and O–H groups in total. The van der Waals surface area contributed by atoms with Crippen molar-refractivity contribution in [2.45, 2.75) is 63.6 Å². The van der Waals surface area contributed by atoms with Crippen LogP contribution in [0.1, 0.15) is 51.9 Å². The Morgan fingerprint density at radius 2 is 2.10 bits per heavy atom. The zero-order valence-electron chi connectivity index (χ0n) is 13.1. The maximum absolute atomic E-state index is 11.7. The van der Waals surface area contributed by atoms with E-state index in [1.165, 1.54) is 6.42 Å². The highest BCUT2D eigenvalue weighted by atomic mass is 16.5. The van der Waals surface area contributed by atoms with E-state index in [4.69, 9.17) is 9.47 Å². The Hall–Kier alpha value is -0.650. The average Bonchev–Trinajstić information content (AvgIpc) is 2.49. The monoisotopic (exact) mass is 299 g/mol. The van der Waals surface area contributed by atoms with Gasteiger partial charge in [-0.05, 0) is 51.9 Å². The molecule has 122 valence electrons. The van der Waals surface area contributed by atoms with Crippen molar-refractivity contribution in [3.8, 4) is 0 Å². The third-order valence-corrected chi connectivity index (χ3v) is 4.64. The molecule has 0 bridgehead atoms. The Kier molecular flexibility index (Phi) is 6.45. The number of ether oxygens (including phenoxy) is 2. The molecule has 1 saturated carbocycles. The number of hydrogen-bond acceptors (Lipinski definition) is 5. The van der Waals surface area contributed by atoms with Crippen molar-refractivity contribution in [2.75, 3.05) is 26.3 Å². The summed E-state index contributed by atoms with van der Waals surface area (Å²) in [5.41, 5.74) is -0.683. The van der Waals surface area contributed by atoms with Gasteiger partial charge in [-0.25, -0.2) is 0 Å². The van der Waals surface area contributed by atoms with Gasteiger partial charge in [0.15, 0.2) is 0 Å². The van der Waals surface area contributed by atoms with Gasteiger partial charge in [0.05, 0.1) is 24.2 Å². The van der Waals surface area contributed by atoms with Crippen LogP contribution in [0.15, 0.2) is 0 Å². The van der Waals surface area contributed by atoms with Crippen LogP contribution in [0.2, 0.25) is 0 Å². The number of esters is 1. The van der Waals surface area contributed by atoms with E-state index in [-0.39, 0.29) is 11.9 Å². The maximum atomic E-state index is 11.7. The first-order chi connectivity index (χ1) is 10.1. The Morgan fingerprint density at radius 1 is 1.33 bits per heavy atom. The molecule has 1 saturated heterocycles. The predicted octanol–water partition coefficient (Wildman–Crippen LogP) is 1.63. The molecule has 0 aromatic rings. The Balaban J connectivity index is 1.65. The molecule has 1 unspecified atom stereocenters. The molecule has 5 nitrogen and oxygen atoms in total. The van der Waals surface area contributed by atoms with Crippen molar-refractivity contribution in [2.24, 2.45) is 5.92 Å². The largest absolute Gasteiger partial charge is 0.466 e. The minimum Gasteiger partial charge on any atom is -0.466 e. The lowest BCUT2D eigenvalue weighted by Crippen LogP contribution is -2.46. The van der Waals surface area contributed by atoms with Crippen LogP contribution in [-0.2, 0) is 14.3 Å². The molecule has 2 aliphatic rings. The highest BCUT2D eigenvalue weighted by molar-refractivity contribution is 5.72. The smallest absolute Gasteiger partial charge is 0.308 e. The molecule has 2 rings (SSSR count). The molecule has 0 aromatic heterocycles. The van der Waals surface area contributed by atoms with E-state index in [2.05, 4.69) is 5.32 Å². The highest BCUT2D eigenvalue weighted by Crippen LogP contribution is 2.32. The summed E-state index contributed by atoms with van der Waals surface area (Å²) in [5, 5.41) is 13.9. The van der Waals surface area contributed by atoms with Gasteiger partial charge in [0, 0.05) is 19.7 Å². The van der Waals surface area contributed by atoms with Crippen molar-refractivity contribution in [3.63, 3.8) is 0 Å². The first-order valence-electron chi connectivity index (χ1n) is 8.34. The van der Waals surface area contributed by atoms with Gasteiger partial charge in [-0.2, -0.15) is 0 Å². The number of carbonyl (C=O) groups is 1. The average molecular weight is 299 g/mol. The van der Waals surface area contributed by atoms with Crippen LogP contribution in [0.4, 0.5) is 0 Å². The van der Waals surface area contributed by atoms with Crippen molar-refractivity contribution in [1.82, 2.24) is 5.32 Å². The lowest BCUT2D eigenvalue weighted by Gasteiger charge is -2.36. The van der Waals surface area contributed by atoms with Crippen LogP contribution in [0.5, 0.6) is 0 Å². The van der Waals surface area contributed by atoms with Gasteiger partial charge in [0.2, 0.25) is 0 Å². The van der Waals surface area contributed by atoms with Gasteiger partial charge in [-0.1, -0.05) is 0 Å². The SMILES string of the molecule is CCOC(=O)C1CCC(O)(CNCC2CCCCO2)CC1. The number of nitrogens with one attached hydrogen (secondary N) is 1. The fourth-order valence-electron chi connectivity index (χ4n) is 3.26. The molecule has 1 atom stereocenters. The van der Waals surface area contributed by atoms with Crippen molar-refractivity contribution >= 4 is 5.97 Å².